The molecule has 0 unspecified atom stereocenters. The van der Waals surface area contributed by atoms with Crippen molar-refractivity contribution in [2.45, 2.75) is 19.4 Å². The molecule has 5 rings (SSSR count). The van der Waals surface area contributed by atoms with Crippen molar-refractivity contribution in [2.75, 3.05) is 0 Å². The summed E-state index contributed by atoms with van der Waals surface area (Å²) in [5.74, 6) is 1.02. The fourth-order valence-corrected chi connectivity index (χ4v) is 3.63. The van der Waals surface area contributed by atoms with Gasteiger partial charge in [0, 0.05) is 29.5 Å². The molecule has 4 heteroatoms. The second kappa shape index (κ2) is 3.34. The first-order valence-corrected chi connectivity index (χ1v) is 7.12. The Morgan fingerprint density at radius 2 is 1.95 bits per heavy atom. The molecule has 1 aromatic carbocycles. The van der Waals surface area contributed by atoms with Gasteiger partial charge in [0.25, 0.3) is 0 Å². The Labute approximate surface area is 121 Å². The summed E-state index contributed by atoms with van der Waals surface area (Å²) in [5.41, 5.74) is 4.30. The standard InChI is InChI=1S/C17H14N4/c1-17(2)15-14-11(16-18-8-10-21(16)17)5-3-6-12(14)19-13-7-4-9-20(13)15/h3-10H,1-2H3. The maximum Gasteiger partial charge on any atom is 0.141 e. The average molecular weight is 274 g/mol. The molecular formula is C17H14N4. The number of fused-ring (bicyclic) bond motifs is 4. The van der Waals surface area contributed by atoms with Crippen LogP contribution in [0.15, 0.2) is 48.9 Å². The molecule has 1 aliphatic rings. The molecule has 0 saturated carbocycles. The molecule has 0 bridgehead atoms. The molecule has 0 spiro atoms. The van der Waals surface area contributed by atoms with E-state index in [0.29, 0.717) is 0 Å². The van der Waals surface area contributed by atoms with Gasteiger partial charge in [-0.2, -0.15) is 0 Å². The largest absolute Gasteiger partial charge is 0.320 e. The van der Waals surface area contributed by atoms with Gasteiger partial charge in [-0.05, 0) is 32.0 Å². The van der Waals surface area contributed by atoms with Crippen molar-refractivity contribution in [3.63, 3.8) is 0 Å². The van der Waals surface area contributed by atoms with Gasteiger partial charge < -0.3 is 8.97 Å². The van der Waals surface area contributed by atoms with Crippen LogP contribution in [0.5, 0.6) is 0 Å². The van der Waals surface area contributed by atoms with Crippen molar-refractivity contribution in [1.29, 1.82) is 0 Å². The van der Waals surface area contributed by atoms with Crippen molar-refractivity contribution in [3.8, 4) is 11.4 Å². The van der Waals surface area contributed by atoms with E-state index in [0.717, 1.165) is 22.6 Å². The Kier molecular flexibility index (Phi) is 1.76. The Balaban J connectivity index is 2.15. The van der Waals surface area contributed by atoms with E-state index in [1.54, 1.807) is 0 Å². The first-order valence-electron chi connectivity index (χ1n) is 7.12. The third-order valence-electron chi connectivity index (χ3n) is 4.55. The van der Waals surface area contributed by atoms with Crippen molar-refractivity contribution in [1.82, 2.24) is 18.9 Å². The fraction of sp³-hybridized carbons (Fsp3) is 0.176. The number of rotatable bonds is 0. The highest BCUT2D eigenvalue weighted by molar-refractivity contribution is 5.98. The molecule has 0 amide bonds. The number of imidazole rings is 1. The number of hydrogen-bond acceptors (Lipinski definition) is 2. The summed E-state index contributed by atoms with van der Waals surface area (Å²) >= 11 is 0. The van der Waals surface area contributed by atoms with Crippen LogP contribution in [0.3, 0.4) is 0 Å². The van der Waals surface area contributed by atoms with Crippen molar-refractivity contribution < 1.29 is 0 Å². The van der Waals surface area contributed by atoms with Gasteiger partial charge in [0.2, 0.25) is 0 Å². The van der Waals surface area contributed by atoms with Crippen LogP contribution in [0.25, 0.3) is 27.9 Å². The molecule has 4 aromatic rings. The third kappa shape index (κ3) is 1.17. The number of aromatic nitrogens is 4. The monoisotopic (exact) mass is 274 g/mol. The molecule has 0 N–H and O–H groups in total. The second-order valence-electron chi connectivity index (χ2n) is 6.08. The van der Waals surface area contributed by atoms with Crippen LogP contribution in [-0.2, 0) is 5.54 Å². The molecule has 4 heterocycles. The second-order valence-corrected chi connectivity index (χ2v) is 6.08. The summed E-state index contributed by atoms with van der Waals surface area (Å²) in [6.45, 7) is 4.48. The molecule has 0 saturated heterocycles. The van der Waals surface area contributed by atoms with Crippen LogP contribution in [0.2, 0.25) is 0 Å². The molecule has 1 aliphatic heterocycles. The molecule has 0 fully saturated rings. The minimum atomic E-state index is -0.168. The lowest BCUT2D eigenvalue weighted by atomic mass is 9.89. The zero-order valence-electron chi connectivity index (χ0n) is 11.9. The smallest absolute Gasteiger partial charge is 0.141 e. The molecule has 21 heavy (non-hydrogen) atoms. The lowest BCUT2D eigenvalue weighted by Gasteiger charge is -2.35. The lowest BCUT2D eigenvalue weighted by Crippen LogP contribution is -2.33. The minimum Gasteiger partial charge on any atom is -0.320 e. The van der Waals surface area contributed by atoms with Crippen LogP contribution in [-0.4, -0.2) is 18.9 Å². The van der Waals surface area contributed by atoms with E-state index < -0.39 is 0 Å². The summed E-state index contributed by atoms with van der Waals surface area (Å²) in [4.78, 5) is 9.36. The maximum atomic E-state index is 4.79. The van der Waals surface area contributed by atoms with Crippen molar-refractivity contribution in [2.24, 2.45) is 0 Å². The van der Waals surface area contributed by atoms with Gasteiger partial charge in [0.1, 0.15) is 11.5 Å². The summed E-state index contributed by atoms with van der Waals surface area (Å²) < 4.78 is 4.46. The van der Waals surface area contributed by atoms with E-state index in [4.69, 9.17) is 4.98 Å². The Morgan fingerprint density at radius 1 is 1.05 bits per heavy atom. The van der Waals surface area contributed by atoms with E-state index in [1.165, 1.54) is 11.1 Å². The van der Waals surface area contributed by atoms with Gasteiger partial charge >= 0.3 is 0 Å². The molecule has 4 nitrogen and oxygen atoms in total. The van der Waals surface area contributed by atoms with Gasteiger partial charge in [-0.25, -0.2) is 9.97 Å². The molecule has 0 atom stereocenters. The molecule has 0 radical (unpaired) electrons. The fourth-order valence-electron chi connectivity index (χ4n) is 3.63. The maximum absolute atomic E-state index is 4.79. The predicted molar refractivity (Wildman–Crippen MR) is 82.3 cm³/mol. The third-order valence-corrected chi connectivity index (χ3v) is 4.55. The highest BCUT2D eigenvalue weighted by atomic mass is 15.2. The Morgan fingerprint density at radius 3 is 2.86 bits per heavy atom. The van der Waals surface area contributed by atoms with Gasteiger partial charge in [-0.1, -0.05) is 12.1 Å². The average Bonchev–Trinajstić information content (AvgIpc) is 3.11. The number of hydrogen-bond donors (Lipinski definition) is 0. The predicted octanol–water partition coefficient (Wildman–Crippen LogP) is 3.45. The SMILES string of the molecule is CC1(C)c2c3c(cccc3nc3cccn23)-c2nccn21. The Bertz CT molecular complexity index is 1020. The summed E-state index contributed by atoms with van der Waals surface area (Å²) in [7, 11) is 0. The van der Waals surface area contributed by atoms with E-state index in [9.17, 15) is 0 Å². The van der Waals surface area contributed by atoms with E-state index in [-0.39, 0.29) is 5.54 Å². The molecular weight excluding hydrogens is 260 g/mol. The van der Waals surface area contributed by atoms with Gasteiger partial charge in [-0.15, -0.1) is 0 Å². The topological polar surface area (TPSA) is 35.1 Å². The number of nitrogens with zero attached hydrogens (tertiary/aromatic N) is 4. The number of benzene rings is 1. The van der Waals surface area contributed by atoms with Crippen LogP contribution >= 0.6 is 0 Å². The Hall–Kier alpha value is -2.62. The van der Waals surface area contributed by atoms with E-state index in [1.807, 2.05) is 6.20 Å². The first kappa shape index (κ1) is 11.1. The summed E-state index contributed by atoms with van der Waals surface area (Å²) in [5, 5.41) is 1.21. The van der Waals surface area contributed by atoms with E-state index >= 15 is 0 Å². The first-order chi connectivity index (χ1) is 10.2. The van der Waals surface area contributed by atoms with Gasteiger partial charge in [-0.3, -0.25) is 0 Å². The molecule has 0 aliphatic carbocycles. The normalized spacial score (nSPS) is 15.5. The highest BCUT2D eigenvalue weighted by Gasteiger charge is 2.35. The summed E-state index contributed by atoms with van der Waals surface area (Å²) in [6, 6.07) is 10.4. The van der Waals surface area contributed by atoms with Crippen molar-refractivity contribution in [3.05, 3.63) is 54.6 Å². The molecule has 3 aromatic heterocycles. The minimum absolute atomic E-state index is 0.168. The van der Waals surface area contributed by atoms with Crippen LogP contribution in [0.1, 0.15) is 19.5 Å². The van der Waals surface area contributed by atoms with Crippen molar-refractivity contribution >= 4 is 16.6 Å². The zero-order chi connectivity index (χ0) is 14.2. The summed E-state index contributed by atoms with van der Waals surface area (Å²) in [6.07, 6.45) is 6.03. The zero-order valence-corrected chi connectivity index (χ0v) is 11.9. The lowest BCUT2D eigenvalue weighted by molar-refractivity contribution is 0.423. The quantitative estimate of drug-likeness (QED) is 0.492. The van der Waals surface area contributed by atoms with Gasteiger partial charge in [0.05, 0.1) is 16.7 Å². The van der Waals surface area contributed by atoms with E-state index in [2.05, 4.69) is 70.5 Å². The molecule has 102 valence electrons. The van der Waals surface area contributed by atoms with Crippen LogP contribution in [0, 0.1) is 0 Å². The highest BCUT2D eigenvalue weighted by Crippen LogP contribution is 2.43. The van der Waals surface area contributed by atoms with Gasteiger partial charge in [0.15, 0.2) is 0 Å². The van der Waals surface area contributed by atoms with Crippen LogP contribution in [0.4, 0.5) is 0 Å². The van der Waals surface area contributed by atoms with Crippen LogP contribution < -0.4 is 0 Å².